The first kappa shape index (κ1) is 15.0. The van der Waals surface area contributed by atoms with Gasteiger partial charge in [-0.3, -0.25) is 4.79 Å². The van der Waals surface area contributed by atoms with E-state index >= 15 is 0 Å². The Morgan fingerprint density at radius 1 is 1.40 bits per heavy atom. The van der Waals surface area contributed by atoms with Crippen molar-refractivity contribution in [3.8, 4) is 0 Å². The molecule has 0 aliphatic heterocycles. The molecule has 0 unspecified atom stereocenters. The molecule has 3 heteroatoms. The lowest BCUT2D eigenvalue weighted by Crippen LogP contribution is -2.57. The normalized spacial score (nSPS) is 17.4. The van der Waals surface area contributed by atoms with Gasteiger partial charge in [-0.25, -0.2) is 0 Å². The molecule has 1 amide bonds. The molecule has 0 spiro atoms. The Bertz CT molecular complexity index is 503. The van der Waals surface area contributed by atoms with E-state index in [4.69, 9.17) is 0 Å². The van der Waals surface area contributed by atoms with E-state index in [1.54, 1.807) is 11.9 Å². The van der Waals surface area contributed by atoms with Gasteiger partial charge in [-0.1, -0.05) is 36.2 Å². The first-order valence-corrected chi connectivity index (χ1v) is 7.30. The fourth-order valence-electron chi connectivity index (χ4n) is 2.80. The molecule has 1 N–H and O–H groups in total. The van der Waals surface area contributed by atoms with Crippen LogP contribution in [-0.2, 0) is 10.2 Å². The van der Waals surface area contributed by atoms with E-state index in [1.807, 2.05) is 19.9 Å². The number of hydrogen-bond acceptors (Lipinski definition) is 2. The molecule has 3 nitrogen and oxygen atoms in total. The summed E-state index contributed by atoms with van der Waals surface area (Å²) in [4.78, 5) is 14.7. The van der Waals surface area contributed by atoms with E-state index < -0.39 is 5.54 Å². The number of aryl methyl sites for hydroxylation is 1. The monoisotopic (exact) mass is 275 g/mol. The van der Waals surface area contributed by atoms with Crippen molar-refractivity contribution in [2.75, 3.05) is 13.7 Å². The Hall–Kier alpha value is -1.35. The second-order valence-corrected chi connectivity index (χ2v) is 6.64. The van der Waals surface area contributed by atoms with Gasteiger partial charge in [0.2, 0.25) is 5.91 Å². The van der Waals surface area contributed by atoms with Crippen molar-refractivity contribution in [2.24, 2.45) is 0 Å². The molecule has 1 aliphatic carbocycles. The lowest BCUT2D eigenvalue weighted by Gasteiger charge is -2.47. The topological polar surface area (TPSA) is 40.5 Å². The zero-order valence-corrected chi connectivity index (χ0v) is 12.9. The zero-order valence-electron chi connectivity index (χ0n) is 12.9. The summed E-state index contributed by atoms with van der Waals surface area (Å²) in [5.74, 6) is 0.133. The Labute approximate surface area is 121 Å². The second-order valence-electron chi connectivity index (χ2n) is 6.64. The van der Waals surface area contributed by atoms with Gasteiger partial charge in [0, 0.05) is 7.05 Å². The van der Waals surface area contributed by atoms with Gasteiger partial charge in [0.05, 0.1) is 17.6 Å². The summed E-state index contributed by atoms with van der Waals surface area (Å²) in [7, 11) is 1.80. The van der Waals surface area contributed by atoms with E-state index in [2.05, 4.69) is 25.1 Å². The van der Waals surface area contributed by atoms with Gasteiger partial charge in [0.15, 0.2) is 0 Å². The highest BCUT2D eigenvalue weighted by molar-refractivity contribution is 5.89. The predicted octanol–water partition coefficient (Wildman–Crippen LogP) is 2.65. The number of benzene rings is 1. The maximum atomic E-state index is 13.0. The Kier molecular flexibility index (Phi) is 3.92. The summed E-state index contributed by atoms with van der Waals surface area (Å²) in [6.45, 7) is 5.82. The quantitative estimate of drug-likeness (QED) is 0.917. The number of nitrogens with zero attached hydrogens (tertiary/aromatic N) is 1. The molecule has 1 saturated carbocycles. The van der Waals surface area contributed by atoms with Crippen molar-refractivity contribution >= 4 is 5.91 Å². The van der Waals surface area contributed by atoms with E-state index in [1.165, 1.54) is 5.56 Å². The lowest BCUT2D eigenvalue weighted by atomic mass is 9.63. The van der Waals surface area contributed by atoms with Crippen LogP contribution in [0.25, 0.3) is 0 Å². The predicted molar refractivity (Wildman–Crippen MR) is 80.6 cm³/mol. The number of aliphatic hydroxyl groups is 1. The number of aliphatic hydroxyl groups excluding tert-OH is 1. The average Bonchev–Trinajstić information content (AvgIpc) is 2.36. The molecule has 0 bridgehead atoms. The van der Waals surface area contributed by atoms with Gasteiger partial charge in [-0.05, 0) is 39.2 Å². The fraction of sp³-hybridized carbons (Fsp3) is 0.588. The lowest BCUT2D eigenvalue weighted by molar-refractivity contribution is -0.146. The summed E-state index contributed by atoms with van der Waals surface area (Å²) in [6, 6.07) is 8.26. The van der Waals surface area contributed by atoms with Crippen LogP contribution in [-0.4, -0.2) is 35.1 Å². The van der Waals surface area contributed by atoms with E-state index in [-0.39, 0.29) is 17.9 Å². The average molecular weight is 275 g/mol. The van der Waals surface area contributed by atoms with Crippen LogP contribution in [0.3, 0.4) is 0 Å². The molecule has 1 aromatic carbocycles. The maximum Gasteiger partial charge on any atom is 0.233 e. The van der Waals surface area contributed by atoms with Gasteiger partial charge >= 0.3 is 0 Å². The van der Waals surface area contributed by atoms with Crippen LogP contribution in [0.1, 0.15) is 44.2 Å². The Balaban J connectivity index is 2.35. The smallest absolute Gasteiger partial charge is 0.233 e. The number of hydrogen-bond donors (Lipinski definition) is 1. The van der Waals surface area contributed by atoms with Gasteiger partial charge in [-0.15, -0.1) is 0 Å². The zero-order chi connectivity index (χ0) is 15.0. The van der Waals surface area contributed by atoms with Crippen LogP contribution in [0.2, 0.25) is 0 Å². The van der Waals surface area contributed by atoms with Crippen molar-refractivity contribution in [2.45, 2.75) is 51.0 Å². The van der Waals surface area contributed by atoms with Gasteiger partial charge in [0.25, 0.3) is 0 Å². The third-order valence-corrected chi connectivity index (χ3v) is 4.79. The molecule has 1 fully saturated rings. The largest absolute Gasteiger partial charge is 0.394 e. The highest BCUT2D eigenvalue weighted by Gasteiger charge is 2.49. The molecule has 110 valence electrons. The molecule has 0 heterocycles. The van der Waals surface area contributed by atoms with Crippen molar-refractivity contribution in [3.63, 3.8) is 0 Å². The Morgan fingerprint density at radius 2 is 2.05 bits per heavy atom. The van der Waals surface area contributed by atoms with E-state index in [9.17, 15) is 9.90 Å². The van der Waals surface area contributed by atoms with Crippen LogP contribution >= 0.6 is 0 Å². The second kappa shape index (κ2) is 5.21. The molecule has 2 rings (SSSR count). The first-order chi connectivity index (χ1) is 9.33. The molecular weight excluding hydrogens is 250 g/mol. The number of carbonyl (C=O) groups is 1. The molecule has 0 aromatic heterocycles. The van der Waals surface area contributed by atoms with E-state index in [0.29, 0.717) is 0 Å². The number of likely N-dealkylation sites (N-methyl/N-ethyl adjacent to an activating group) is 1. The van der Waals surface area contributed by atoms with Crippen molar-refractivity contribution in [1.82, 2.24) is 4.90 Å². The van der Waals surface area contributed by atoms with Crippen LogP contribution < -0.4 is 0 Å². The standard InChI is InChI=1S/C17H25NO2/c1-13-7-5-8-14(11-13)17(9-6-10-17)15(20)18(4)16(2,3)12-19/h5,7-8,11,19H,6,9-10,12H2,1-4H3. The molecule has 1 aliphatic rings. The third-order valence-electron chi connectivity index (χ3n) is 4.79. The van der Waals surface area contributed by atoms with Crippen molar-refractivity contribution in [3.05, 3.63) is 35.4 Å². The molecule has 0 atom stereocenters. The maximum absolute atomic E-state index is 13.0. The minimum Gasteiger partial charge on any atom is -0.394 e. The third kappa shape index (κ3) is 2.35. The molecule has 20 heavy (non-hydrogen) atoms. The first-order valence-electron chi connectivity index (χ1n) is 7.30. The molecule has 1 aromatic rings. The number of amides is 1. The Morgan fingerprint density at radius 3 is 2.50 bits per heavy atom. The molecular formula is C17H25NO2. The van der Waals surface area contributed by atoms with Crippen LogP contribution in [0, 0.1) is 6.92 Å². The fourth-order valence-corrected chi connectivity index (χ4v) is 2.80. The summed E-state index contributed by atoms with van der Waals surface area (Å²) in [5, 5.41) is 9.49. The summed E-state index contributed by atoms with van der Waals surface area (Å²) < 4.78 is 0. The van der Waals surface area contributed by atoms with Gasteiger partial charge in [-0.2, -0.15) is 0 Å². The summed E-state index contributed by atoms with van der Waals surface area (Å²) in [5.41, 5.74) is 1.40. The van der Waals surface area contributed by atoms with Crippen molar-refractivity contribution < 1.29 is 9.90 Å². The minimum atomic E-state index is -0.524. The van der Waals surface area contributed by atoms with Crippen LogP contribution in [0.5, 0.6) is 0 Å². The van der Waals surface area contributed by atoms with E-state index in [0.717, 1.165) is 24.8 Å². The number of rotatable bonds is 4. The molecule has 0 radical (unpaired) electrons. The minimum absolute atomic E-state index is 0.0286. The van der Waals surface area contributed by atoms with Crippen LogP contribution in [0.4, 0.5) is 0 Å². The van der Waals surface area contributed by atoms with Gasteiger partial charge in [0.1, 0.15) is 0 Å². The SMILES string of the molecule is Cc1cccc(C2(C(=O)N(C)C(C)(C)CO)CCC2)c1. The van der Waals surface area contributed by atoms with Crippen LogP contribution in [0.15, 0.2) is 24.3 Å². The molecule has 0 saturated heterocycles. The summed E-state index contributed by atoms with van der Waals surface area (Å²) in [6.07, 6.45) is 2.90. The van der Waals surface area contributed by atoms with Gasteiger partial charge < -0.3 is 10.0 Å². The highest BCUT2D eigenvalue weighted by Crippen LogP contribution is 2.46. The summed E-state index contributed by atoms with van der Waals surface area (Å²) >= 11 is 0. The van der Waals surface area contributed by atoms with Crippen molar-refractivity contribution in [1.29, 1.82) is 0 Å². The number of carbonyl (C=O) groups excluding carboxylic acids is 1. The highest BCUT2D eigenvalue weighted by atomic mass is 16.3.